The van der Waals surface area contributed by atoms with E-state index in [-0.39, 0.29) is 11.4 Å². The number of aliphatic carboxylic acids is 1. The van der Waals surface area contributed by atoms with E-state index < -0.39 is 28.2 Å². The predicted molar refractivity (Wildman–Crippen MR) is 145 cm³/mol. The van der Waals surface area contributed by atoms with Gasteiger partial charge in [-0.15, -0.1) is 5.10 Å². The Morgan fingerprint density at radius 1 is 1.03 bits per heavy atom. The molecule has 3 aromatic carbocycles. The predicted octanol–water partition coefficient (Wildman–Crippen LogP) is 5.09. The molecule has 2 atom stereocenters. The molecule has 0 saturated carbocycles. The van der Waals surface area contributed by atoms with Crippen LogP contribution in [-0.2, 0) is 34.7 Å². The molecule has 0 radical (unpaired) electrons. The molecule has 202 valence electrons. The van der Waals surface area contributed by atoms with E-state index in [4.69, 9.17) is 4.74 Å². The van der Waals surface area contributed by atoms with Crippen LogP contribution < -0.4 is 4.74 Å². The SMILES string of the molecule is CCCCc1nnc([S+]([O-])Cc2ccc([N+](=O)[O-])cc2)n1Cc1ccc(OC(C(=O)O)c2ccccc2)cc1. The van der Waals surface area contributed by atoms with Gasteiger partial charge in [-0.05, 0) is 36.2 Å². The summed E-state index contributed by atoms with van der Waals surface area (Å²) in [5, 5.41) is 29.4. The summed E-state index contributed by atoms with van der Waals surface area (Å²) in [6.07, 6.45) is 1.41. The van der Waals surface area contributed by atoms with Crippen molar-refractivity contribution in [1.82, 2.24) is 14.8 Å². The number of carboxylic acids is 1. The van der Waals surface area contributed by atoms with Gasteiger partial charge in [0.25, 0.3) is 5.69 Å². The first-order valence-corrected chi connectivity index (χ1v) is 13.7. The molecule has 0 bridgehead atoms. The molecule has 1 aromatic heterocycles. The summed E-state index contributed by atoms with van der Waals surface area (Å²) in [5.74, 6) is 0.189. The van der Waals surface area contributed by atoms with Crippen molar-refractivity contribution in [3.63, 3.8) is 0 Å². The molecule has 1 heterocycles. The largest absolute Gasteiger partial charge is 0.609 e. The maximum Gasteiger partial charge on any atom is 0.349 e. The maximum absolute atomic E-state index is 13.3. The minimum Gasteiger partial charge on any atom is -0.609 e. The van der Waals surface area contributed by atoms with Crippen LogP contribution in [0.25, 0.3) is 0 Å². The average molecular weight is 549 g/mol. The molecule has 11 heteroatoms. The highest BCUT2D eigenvalue weighted by Gasteiger charge is 2.25. The molecule has 2 unspecified atom stereocenters. The fourth-order valence-corrected chi connectivity index (χ4v) is 5.15. The second-order valence-corrected chi connectivity index (χ2v) is 10.2. The maximum atomic E-state index is 13.3. The molecule has 0 aliphatic carbocycles. The van der Waals surface area contributed by atoms with Crippen molar-refractivity contribution in [3.8, 4) is 5.75 Å². The second kappa shape index (κ2) is 13.0. The summed E-state index contributed by atoms with van der Waals surface area (Å²) in [4.78, 5) is 22.2. The summed E-state index contributed by atoms with van der Waals surface area (Å²) in [6.45, 7) is 2.45. The first-order valence-electron chi connectivity index (χ1n) is 12.4. The Bertz CT molecular complexity index is 1390. The van der Waals surface area contributed by atoms with Gasteiger partial charge in [-0.2, -0.15) is 0 Å². The number of aromatic nitrogens is 3. The summed E-state index contributed by atoms with van der Waals surface area (Å²) in [5.41, 5.74) is 2.08. The zero-order valence-electron chi connectivity index (χ0n) is 21.3. The number of nitro benzene ring substituents is 1. The number of carboxylic acid groups (broad SMARTS) is 1. The number of nitrogens with zero attached hydrogens (tertiary/aromatic N) is 4. The normalized spacial score (nSPS) is 12.6. The van der Waals surface area contributed by atoms with Crippen LogP contribution in [-0.4, -0.2) is 35.3 Å². The van der Waals surface area contributed by atoms with E-state index >= 15 is 0 Å². The van der Waals surface area contributed by atoms with Crippen LogP contribution in [0.5, 0.6) is 5.75 Å². The van der Waals surface area contributed by atoms with Crippen LogP contribution in [0.15, 0.2) is 84.0 Å². The Morgan fingerprint density at radius 2 is 1.69 bits per heavy atom. The number of nitro groups is 1. The monoisotopic (exact) mass is 548 g/mol. The lowest BCUT2D eigenvalue weighted by Crippen LogP contribution is -2.18. The van der Waals surface area contributed by atoms with Crippen LogP contribution in [0.2, 0.25) is 0 Å². The zero-order chi connectivity index (χ0) is 27.8. The Morgan fingerprint density at radius 3 is 2.31 bits per heavy atom. The Kier molecular flexibility index (Phi) is 9.29. The van der Waals surface area contributed by atoms with Crippen molar-refractivity contribution in [2.45, 2.75) is 49.7 Å². The number of rotatable bonds is 13. The highest BCUT2D eigenvalue weighted by molar-refractivity contribution is 7.90. The molecule has 0 aliphatic heterocycles. The van der Waals surface area contributed by atoms with E-state index in [2.05, 4.69) is 17.1 Å². The highest BCUT2D eigenvalue weighted by Crippen LogP contribution is 2.25. The van der Waals surface area contributed by atoms with E-state index in [1.54, 1.807) is 48.5 Å². The molecule has 1 N–H and O–H groups in total. The summed E-state index contributed by atoms with van der Waals surface area (Å²) >= 11 is -1.53. The number of non-ortho nitro benzene ring substituents is 1. The van der Waals surface area contributed by atoms with Gasteiger partial charge < -0.3 is 14.4 Å². The van der Waals surface area contributed by atoms with Gasteiger partial charge >= 0.3 is 11.1 Å². The third kappa shape index (κ3) is 7.21. The molecule has 10 nitrogen and oxygen atoms in total. The third-order valence-corrected chi connectivity index (χ3v) is 7.35. The van der Waals surface area contributed by atoms with E-state index in [0.29, 0.717) is 35.0 Å². The summed E-state index contributed by atoms with van der Waals surface area (Å²) < 4.78 is 20.9. The standard InChI is InChI=1S/C28H28N4O6S/c1-2-3-9-25-29-30-28(39(37)19-21-10-14-23(15-11-21)32(35)36)31(25)18-20-12-16-24(17-13-20)38-26(27(33)34)22-7-5-4-6-8-22/h4-8,10-17,26H,2-3,9,18-19H2,1H3,(H,33,34). The average Bonchev–Trinajstić information content (AvgIpc) is 3.34. The summed E-state index contributed by atoms with van der Waals surface area (Å²) in [6, 6.07) is 21.8. The molecule has 0 fully saturated rings. The highest BCUT2D eigenvalue weighted by atomic mass is 32.2. The molecule has 0 spiro atoms. The van der Waals surface area contributed by atoms with E-state index in [1.165, 1.54) is 12.1 Å². The van der Waals surface area contributed by atoms with Gasteiger partial charge in [0.05, 0.1) is 11.5 Å². The lowest BCUT2D eigenvalue weighted by Gasteiger charge is -2.16. The molecule has 0 amide bonds. The Balaban J connectivity index is 1.52. The molecule has 4 aromatic rings. The van der Waals surface area contributed by atoms with E-state index in [1.807, 2.05) is 22.8 Å². The lowest BCUT2D eigenvalue weighted by molar-refractivity contribution is -0.384. The number of benzene rings is 3. The van der Waals surface area contributed by atoms with E-state index in [0.717, 1.165) is 24.2 Å². The van der Waals surface area contributed by atoms with Gasteiger partial charge in [-0.3, -0.25) is 14.7 Å². The quantitative estimate of drug-likeness (QED) is 0.138. The topological polar surface area (TPSA) is 143 Å². The van der Waals surface area contributed by atoms with Gasteiger partial charge in [0.2, 0.25) is 6.10 Å². The summed E-state index contributed by atoms with van der Waals surface area (Å²) in [7, 11) is 0. The second-order valence-electron chi connectivity index (χ2n) is 8.89. The lowest BCUT2D eigenvalue weighted by atomic mass is 10.1. The van der Waals surface area contributed by atoms with Crippen LogP contribution in [0.4, 0.5) is 5.69 Å². The van der Waals surface area contributed by atoms with Crippen LogP contribution in [0, 0.1) is 10.1 Å². The van der Waals surface area contributed by atoms with Crippen LogP contribution in [0.3, 0.4) is 0 Å². The first kappa shape index (κ1) is 27.8. The number of hydrogen-bond acceptors (Lipinski definition) is 7. The van der Waals surface area contributed by atoms with E-state index in [9.17, 15) is 24.6 Å². The van der Waals surface area contributed by atoms with Crippen molar-refractivity contribution in [2.24, 2.45) is 0 Å². The van der Waals surface area contributed by atoms with Gasteiger partial charge in [0, 0.05) is 40.9 Å². The third-order valence-electron chi connectivity index (χ3n) is 6.04. The van der Waals surface area contributed by atoms with Crippen LogP contribution >= 0.6 is 0 Å². The van der Waals surface area contributed by atoms with Crippen molar-refractivity contribution in [3.05, 3.63) is 111 Å². The molecular formula is C28H28N4O6S. The molecular weight excluding hydrogens is 520 g/mol. The van der Waals surface area contributed by atoms with Crippen LogP contribution in [0.1, 0.15) is 48.4 Å². The number of aryl methyl sites for hydroxylation is 1. The van der Waals surface area contributed by atoms with Gasteiger partial charge in [0.1, 0.15) is 17.3 Å². The Hall–Kier alpha value is -4.22. The Labute approximate surface area is 228 Å². The zero-order valence-corrected chi connectivity index (χ0v) is 22.1. The number of carbonyl (C=O) groups is 1. The molecule has 0 aliphatic rings. The van der Waals surface area contributed by atoms with Crippen molar-refractivity contribution in [2.75, 3.05) is 0 Å². The van der Waals surface area contributed by atoms with Crippen molar-refractivity contribution >= 4 is 22.8 Å². The van der Waals surface area contributed by atoms with Gasteiger partial charge in [-0.25, -0.2) is 4.79 Å². The molecule has 39 heavy (non-hydrogen) atoms. The molecule has 0 saturated heterocycles. The van der Waals surface area contributed by atoms with Gasteiger partial charge in [0.15, 0.2) is 0 Å². The molecule has 4 rings (SSSR count). The first-order chi connectivity index (χ1) is 18.9. The fourth-order valence-electron chi connectivity index (χ4n) is 3.98. The van der Waals surface area contributed by atoms with Crippen molar-refractivity contribution < 1.29 is 24.1 Å². The number of unbranched alkanes of at least 4 members (excludes halogenated alkanes) is 1. The smallest absolute Gasteiger partial charge is 0.349 e. The van der Waals surface area contributed by atoms with Crippen molar-refractivity contribution in [1.29, 1.82) is 0 Å². The minimum atomic E-state index is -1.53. The fraction of sp³-hybridized carbons (Fsp3) is 0.250. The number of hydrogen-bond donors (Lipinski definition) is 1. The minimum absolute atomic E-state index is 0.0274. The van der Waals surface area contributed by atoms with Gasteiger partial charge in [-0.1, -0.05) is 60.9 Å². The number of ether oxygens (including phenoxy) is 1.